The van der Waals surface area contributed by atoms with Crippen molar-refractivity contribution in [3.05, 3.63) is 17.5 Å². The summed E-state index contributed by atoms with van der Waals surface area (Å²) in [5.41, 5.74) is 2.38. The number of aromatic amines is 1. The second kappa shape index (κ2) is 6.58. The van der Waals surface area contributed by atoms with Gasteiger partial charge in [-0.3, -0.25) is 5.10 Å². The summed E-state index contributed by atoms with van der Waals surface area (Å²) in [5, 5.41) is 10.4. The molecule has 0 saturated heterocycles. The number of nitrogens with zero attached hydrogens (tertiary/aromatic N) is 1. The summed E-state index contributed by atoms with van der Waals surface area (Å²) >= 11 is 0. The lowest BCUT2D eigenvalue weighted by molar-refractivity contribution is 0.144. The first-order chi connectivity index (χ1) is 7.25. The van der Waals surface area contributed by atoms with Crippen molar-refractivity contribution in [2.45, 2.75) is 33.2 Å². The van der Waals surface area contributed by atoms with Crippen LogP contribution in [-0.2, 0) is 4.74 Å². The summed E-state index contributed by atoms with van der Waals surface area (Å²) in [4.78, 5) is 0. The molecular formula is C11H21N3O. The van der Waals surface area contributed by atoms with E-state index in [0.717, 1.165) is 31.9 Å². The molecule has 0 fully saturated rings. The molecule has 2 N–H and O–H groups in total. The van der Waals surface area contributed by atoms with Gasteiger partial charge in [0.2, 0.25) is 0 Å². The SMILES string of the molecule is CCOCCCNC(C)c1cn[nH]c1C. The van der Waals surface area contributed by atoms with Crippen LogP contribution in [0, 0.1) is 6.92 Å². The fourth-order valence-electron chi connectivity index (χ4n) is 1.54. The Balaban J connectivity index is 2.19. The molecule has 0 saturated carbocycles. The van der Waals surface area contributed by atoms with Gasteiger partial charge >= 0.3 is 0 Å². The number of rotatable bonds is 7. The summed E-state index contributed by atoms with van der Waals surface area (Å²) in [7, 11) is 0. The normalized spacial score (nSPS) is 13.0. The van der Waals surface area contributed by atoms with Crippen LogP contribution >= 0.6 is 0 Å². The zero-order valence-corrected chi connectivity index (χ0v) is 9.84. The highest BCUT2D eigenvalue weighted by molar-refractivity contribution is 5.18. The first-order valence-electron chi connectivity index (χ1n) is 5.56. The monoisotopic (exact) mass is 211 g/mol. The van der Waals surface area contributed by atoms with Gasteiger partial charge in [-0.25, -0.2) is 0 Å². The Hall–Kier alpha value is -0.870. The van der Waals surface area contributed by atoms with Crippen LogP contribution in [0.1, 0.15) is 37.6 Å². The lowest BCUT2D eigenvalue weighted by Crippen LogP contribution is -2.21. The Labute approximate surface area is 91.4 Å². The van der Waals surface area contributed by atoms with Crippen LogP contribution in [0.3, 0.4) is 0 Å². The predicted molar refractivity (Wildman–Crippen MR) is 60.9 cm³/mol. The van der Waals surface area contributed by atoms with E-state index in [9.17, 15) is 0 Å². The lowest BCUT2D eigenvalue weighted by Gasteiger charge is -2.12. The van der Waals surface area contributed by atoms with Crippen molar-refractivity contribution in [1.82, 2.24) is 15.5 Å². The van der Waals surface area contributed by atoms with Gasteiger partial charge in [0, 0.05) is 30.5 Å². The number of aryl methyl sites for hydroxylation is 1. The number of ether oxygens (including phenoxy) is 1. The van der Waals surface area contributed by atoms with Crippen molar-refractivity contribution >= 4 is 0 Å². The maximum absolute atomic E-state index is 5.27. The highest BCUT2D eigenvalue weighted by Gasteiger charge is 2.08. The van der Waals surface area contributed by atoms with Gasteiger partial charge in [0.05, 0.1) is 6.20 Å². The van der Waals surface area contributed by atoms with Crippen LogP contribution in [0.25, 0.3) is 0 Å². The highest BCUT2D eigenvalue weighted by atomic mass is 16.5. The topological polar surface area (TPSA) is 49.9 Å². The number of hydrogen-bond acceptors (Lipinski definition) is 3. The Kier molecular flexibility index (Phi) is 5.36. The Bertz CT molecular complexity index is 273. The summed E-state index contributed by atoms with van der Waals surface area (Å²) in [5.74, 6) is 0. The molecule has 0 aliphatic carbocycles. The van der Waals surface area contributed by atoms with Gasteiger partial charge in [-0.05, 0) is 33.7 Å². The van der Waals surface area contributed by atoms with Crippen molar-refractivity contribution < 1.29 is 4.74 Å². The van der Waals surface area contributed by atoms with E-state index in [1.165, 1.54) is 5.56 Å². The van der Waals surface area contributed by atoms with E-state index < -0.39 is 0 Å². The van der Waals surface area contributed by atoms with Gasteiger partial charge in [-0.15, -0.1) is 0 Å². The van der Waals surface area contributed by atoms with Crippen LogP contribution in [0.2, 0.25) is 0 Å². The minimum atomic E-state index is 0.352. The molecule has 1 rings (SSSR count). The average molecular weight is 211 g/mol. The third-order valence-corrected chi connectivity index (χ3v) is 2.46. The fraction of sp³-hybridized carbons (Fsp3) is 0.727. The van der Waals surface area contributed by atoms with Gasteiger partial charge in [-0.1, -0.05) is 0 Å². The summed E-state index contributed by atoms with van der Waals surface area (Å²) in [6.07, 6.45) is 2.94. The Morgan fingerprint density at radius 2 is 2.40 bits per heavy atom. The van der Waals surface area contributed by atoms with Crippen molar-refractivity contribution in [3.8, 4) is 0 Å². The number of nitrogens with one attached hydrogen (secondary N) is 2. The molecule has 4 heteroatoms. The third-order valence-electron chi connectivity index (χ3n) is 2.46. The maximum atomic E-state index is 5.27. The molecule has 1 heterocycles. The van der Waals surface area contributed by atoms with Gasteiger partial charge < -0.3 is 10.1 Å². The number of hydrogen-bond donors (Lipinski definition) is 2. The van der Waals surface area contributed by atoms with Gasteiger partial charge in [-0.2, -0.15) is 5.10 Å². The molecular weight excluding hydrogens is 190 g/mol. The lowest BCUT2D eigenvalue weighted by atomic mass is 10.1. The Morgan fingerprint density at radius 3 is 3.00 bits per heavy atom. The highest BCUT2D eigenvalue weighted by Crippen LogP contribution is 2.13. The minimum Gasteiger partial charge on any atom is -0.382 e. The largest absolute Gasteiger partial charge is 0.382 e. The zero-order chi connectivity index (χ0) is 11.1. The molecule has 0 spiro atoms. The smallest absolute Gasteiger partial charge is 0.0537 e. The molecule has 0 aliphatic rings. The van der Waals surface area contributed by atoms with E-state index in [1.54, 1.807) is 0 Å². The van der Waals surface area contributed by atoms with E-state index in [-0.39, 0.29) is 0 Å². The molecule has 0 aliphatic heterocycles. The minimum absolute atomic E-state index is 0.352. The second-order valence-corrected chi connectivity index (χ2v) is 3.68. The number of H-pyrrole nitrogens is 1. The molecule has 1 aromatic heterocycles. The maximum Gasteiger partial charge on any atom is 0.0537 e. The van der Waals surface area contributed by atoms with E-state index in [4.69, 9.17) is 4.74 Å². The van der Waals surface area contributed by atoms with Crippen molar-refractivity contribution in [2.75, 3.05) is 19.8 Å². The third kappa shape index (κ3) is 4.01. The molecule has 0 radical (unpaired) electrons. The molecule has 0 aromatic carbocycles. The van der Waals surface area contributed by atoms with E-state index >= 15 is 0 Å². The molecule has 1 atom stereocenters. The Morgan fingerprint density at radius 1 is 1.60 bits per heavy atom. The van der Waals surface area contributed by atoms with Crippen molar-refractivity contribution in [3.63, 3.8) is 0 Å². The van der Waals surface area contributed by atoms with Gasteiger partial charge in [0.1, 0.15) is 0 Å². The summed E-state index contributed by atoms with van der Waals surface area (Å²) in [6, 6.07) is 0.352. The second-order valence-electron chi connectivity index (χ2n) is 3.68. The first kappa shape index (κ1) is 12.2. The molecule has 4 nitrogen and oxygen atoms in total. The zero-order valence-electron chi connectivity index (χ0n) is 9.84. The first-order valence-corrected chi connectivity index (χ1v) is 5.56. The predicted octanol–water partition coefficient (Wildman–Crippen LogP) is 1.80. The van der Waals surface area contributed by atoms with Crippen LogP contribution < -0.4 is 5.32 Å². The molecule has 1 unspecified atom stereocenters. The summed E-state index contributed by atoms with van der Waals surface area (Å²) < 4.78 is 5.27. The van der Waals surface area contributed by atoms with Crippen molar-refractivity contribution in [1.29, 1.82) is 0 Å². The quantitative estimate of drug-likeness (QED) is 0.676. The fourth-order valence-corrected chi connectivity index (χ4v) is 1.54. The van der Waals surface area contributed by atoms with Crippen LogP contribution in [0.4, 0.5) is 0 Å². The standard InChI is InChI=1S/C11H21N3O/c1-4-15-7-5-6-12-9(2)11-8-13-14-10(11)3/h8-9,12H,4-7H2,1-3H3,(H,13,14). The van der Waals surface area contributed by atoms with E-state index in [1.807, 2.05) is 20.0 Å². The molecule has 0 amide bonds. The van der Waals surface area contributed by atoms with Crippen LogP contribution in [0.5, 0.6) is 0 Å². The van der Waals surface area contributed by atoms with Gasteiger partial charge in [0.15, 0.2) is 0 Å². The number of aromatic nitrogens is 2. The molecule has 86 valence electrons. The van der Waals surface area contributed by atoms with Crippen LogP contribution in [-0.4, -0.2) is 30.0 Å². The molecule has 0 bridgehead atoms. The van der Waals surface area contributed by atoms with E-state index in [0.29, 0.717) is 6.04 Å². The van der Waals surface area contributed by atoms with Crippen molar-refractivity contribution in [2.24, 2.45) is 0 Å². The molecule has 1 aromatic rings. The average Bonchev–Trinajstić information content (AvgIpc) is 2.64. The van der Waals surface area contributed by atoms with Crippen LogP contribution in [0.15, 0.2) is 6.20 Å². The summed E-state index contributed by atoms with van der Waals surface area (Å²) in [6.45, 7) is 8.83. The van der Waals surface area contributed by atoms with E-state index in [2.05, 4.69) is 22.4 Å². The van der Waals surface area contributed by atoms with Gasteiger partial charge in [0.25, 0.3) is 0 Å². The molecule has 15 heavy (non-hydrogen) atoms.